The van der Waals surface area contributed by atoms with Crippen LogP contribution in [0.2, 0.25) is 0 Å². The molecule has 0 bridgehead atoms. The number of nitrogens with zero attached hydrogens (tertiary/aromatic N) is 6. The van der Waals surface area contributed by atoms with Crippen molar-refractivity contribution < 1.29 is 0 Å². The predicted molar refractivity (Wildman–Crippen MR) is 169 cm³/mol. The molecule has 0 saturated carbocycles. The van der Waals surface area contributed by atoms with Crippen molar-refractivity contribution in [2.45, 2.75) is 0 Å². The van der Waals surface area contributed by atoms with Crippen LogP contribution in [0, 0.1) is 0 Å². The maximum absolute atomic E-state index is 5.38. The minimum Gasteiger partial charge on any atom is -0.302 e. The van der Waals surface area contributed by atoms with Crippen LogP contribution < -0.4 is 0 Å². The van der Waals surface area contributed by atoms with E-state index in [-0.39, 0.29) is 0 Å². The third kappa shape index (κ3) is 3.47. The van der Waals surface area contributed by atoms with E-state index in [0.29, 0.717) is 0 Å². The first-order valence-electron chi connectivity index (χ1n) is 13.5. The van der Waals surface area contributed by atoms with Crippen molar-refractivity contribution in [3.63, 3.8) is 0 Å². The zero-order valence-corrected chi connectivity index (χ0v) is 22.1. The van der Waals surface area contributed by atoms with Crippen LogP contribution in [-0.4, -0.2) is 28.7 Å². The Kier molecular flexibility index (Phi) is 5.18. The zero-order chi connectivity index (χ0) is 27.3. The van der Waals surface area contributed by atoms with Crippen molar-refractivity contribution >= 4 is 61.4 Å². The molecule has 0 atom stereocenters. The van der Waals surface area contributed by atoms with Gasteiger partial charge in [-0.05, 0) is 48.5 Å². The van der Waals surface area contributed by atoms with Crippen LogP contribution >= 0.6 is 0 Å². The molecule has 0 N–H and O–H groups in total. The second-order valence-corrected chi connectivity index (χ2v) is 9.86. The molecule has 0 radical (unpaired) electrons. The molecule has 8 rings (SSSR count). The third-order valence-electron chi connectivity index (χ3n) is 7.50. The van der Waals surface area contributed by atoms with E-state index in [1.165, 1.54) is 0 Å². The largest absolute Gasteiger partial charge is 0.302 e. The Labute approximate surface area is 235 Å². The number of para-hydroxylation sites is 3. The van der Waals surface area contributed by atoms with Gasteiger partial charge in [0.25, 0.3) is 0 Å². The lowest BCUT2D eigenvalue weighted by Crippen LogP contribution is -2.03. The van der Waals surface area contributed by atoms with Crippen LogP contribution in [0.25, 0.3) is 72.9 Å². The number of benzene rings is 3. The van der Waals surface area contributed by atoms with Gasteiger partial charge in [0, 0.05) is 28.9 Å². The fraction of sp³-hybridized carbons (Fsp3) is 0. The van der Waals surface area contributed by atoms with Crippen molar-refractivity contribution in [1.29, 1.82) is 0 Å². The highest BCUT2D eigenvalue weighted by Gasteiger charge is 2.23. The average molecular weight is 529 g/mol. The van der Waals surface area contributed by atoms with Crippen LogP contribution in [0.5, 0.6) is 0 Å². The average Bonchev–Trinajstić information content (AvgIpc) is 3.66. The Balaban J connectivity index is 1.53. The van der Waals surface area contributed by atoms with Crippen LogP contribution in [0.15, 0.2) is 134 Å². The maximum atomic E-state index is 5.38. The lowest BCUT2D eigenvalue weighted by molar-refractivity contribution is 1.02. The summed E-state index contributed by atoms with van der Waals surface area (Å²) in [5, 5.41) is 2.19. The normalized spacial score (nSPS) is 12.3. The lowest BCUT2D eigenvalue weighted by Gasteiger charge is -2.10. The van der Waals surface area contributed by atoms with E-state index >= 15 is 0 Å². The van der Waals surface area contributed by atoms with Gasteiger partial charge in [-0.3, -0.25) is 14.1 Å². The first-order valence-corrected chi connectivity index (χ1v) is 13.5. The van der Waals surface area contributed by atoms with Crippen LogP contribution in [0.3, 0.4) is 0 Å². The molecule has 6 heteroatoms. The molecule has 5 heterocycles. The summed E-state index contributed by atoms with van der Waals surface area (Å²) in [5.74, 6) is 0.957. The van der Waals surface area contributed by atoms with Crippen molar-refractivity contribution in [2.24, 2.45) is 0 Å². The van der Waals surface area contributed by atoms with Crippen LogP contribution in [0.1, 0.15) is 0 Å². The summed E-state index contributed by atoms with van der Waals surface area (Å²) >= 11 is 0. The fourth-order valence-electron chi connectivity index (χ4n) is 5.76. The molecule has 6 nitrogen and oxygen atoms in total. The van der Waals surface area contributed by atoms with Gasteiger partial charge < -0.3 is 4.57 Å². The summed E-state index contributed by atoms with van der Waals surface area (Å²) in [6.07, 6.45) is 11.6. The Morgan fingerprint density at radius 3 is 2.24 bits per heavy atom. The van der Waals surface area contributed by atoms with Gasteiger partial charge in [-0.1, -0.05) is 79.4 Å². The van der Waals surface area contributed by atoms with E-state index < -0.39 is 0 Å². The summed E-state index contributed by atoms with van der Waals surface area (Å²) < 4.78 is 6.56. The predicted octanol–water partition coefficient (Wildman–Crippen LogP) is 8.23. The molecule has 0 aliphatic heterocycles. The molecule has 0 fully saturated rings. The van der Waals surface area contributed by atoms with Gasteiger partial charge in [-0.2, -0.15) is 0 Å². The minimum absolute atomic E-state index is 0.755. The summed E-state index contributed by atoms with van der Waals surface area (Å²) in [6, 6.07) is 33.3. The molecule has 41 heavy (non-hydrogen) atoms. The highest BCUT2D eigenvalue weighted by molar-refractivity contribution is 6.11. The van der Waals surface area contributed by atoms with Gasteiger partial charge in [0.2, 0.25) is 0 Å². The fourth-order valence-corrected chi connectivity index (χ4v) is 5.76. The second kappa shape index (κ2) is 9.17. The van der Waals surface area contributed by atoms with Crippen LogP contribution in [-0.2, 0) is 0 Å². The highest BCUT2D eigenvalue weighted by Crippen LogP contribution is 2.36. The molecule has 0 unspecified atom stereocenters. The van der Waals surface area contributed by atoms with E-state index in [9.17, 15) is 0 Å². The summed E-state index contributed by atoms with van der Waals surface area (Å²) in [7, 11) is 0. The SMILES string of the molecule is C=C/C=C\C=C/n1c(-n2c3cccnc3c3nc4c5ccccc5n(-c5ccccc5)c4nc32)cc2ccccc21. The summed E-state index contributed by atoms with van der Waals surface area (Å²) in [5.41, 5.74) is 8.16. The first kappa shape index (κ1) is 23.2. The molecule has 3 aromatic carbocycles. The number of hydrogen-bond acceptors (Lipinski definition) is 3. The summed E-state index contributed by atoms with van der Waals surface area (Å²) in [4.78, 5) is 15.5. The molecule has 8 aromatic rings. The molecule has 0 aliphatic carbocycles. The molecule has 194 valence electrons. The van der Waals surface area contributed by atoms with Gasteiger partial charge in [-0.15, -0.1) is 0 Å². The molecule has 0 aliphatic rings. The maximum Gasteiger partial charge on any atom is 0.169 e. The monoisotopic (exact) mass is 528 g/mol. The Morgan fingerprint density at radius 1 is 0.610 bits per heavy atom. The van der Waals surface area contributed by atoms with E-state index in [1.54, 1.807) is 6.08 Å². The molecular formula is C35H24N6. The molecule has 0 amide bonds. The van der Waals surface area contributed by atoms with Gasteiger partial charge in [0.05, 0.1) is 16.6 Å². The Hall–Kier alpha value is -5.75. The van der Waals surface area contributed by atoms with Crippen molar-refractivity contribution in [1.82, 2.24) is 28.7 Å². The van der Waals surface area contributed by atoms with E-state index in [0.717, 1.165) is 66.7 Å². The smallest absolute Gasteiger partial charge is 0.169 e. The lowest BCUT2D eigenvalue weighted by atomic mass is 10.2. The molecule has 0 spiro atoms. The first-order chi connectivity index (χ1) is 20.3. The zero-order valence-electron chi connectivity index (χ0n) is 22.1. The molecular weight excluding hydrogens is 504 g/mol. The Bertz CT molecular complexity index is 2330. The summed E-state index contributed by atoms with van der Waals surface area (Å²) in [6.45, 7) is 3.79. The van der Waals surface area contributed by atoms with Crippen LogP contribution in [0.4, 0.5) is 0 Å². The van der Waals surface area contributed by atoms with Gasteiger partial charge >= 0.3 is 0 Å². The minimum atomic E-state index is 0.755. The third-order valence-corrected chi connectivity index (χ3v) is 7.50. The number of hydrogen-bond donors (Lipinski definition) is 0. The van der Waals surface area contributed by atoms with Gasteiger partial charge in [0.15, 0.2) is 11.3 Å². The number of pyridine rings is 1. The number of fused-ring (bicyclic) bond motifs is 7. The second-order valence-electron chi connectivity index (χ2n) is 9.86. The quantitative estimate of drug-likeness (QED) is 0.211. The Morgan fingerprint density at radius 2 is 1.37 bits per heavy atom. The van der Waals surface area contributed by atoms with E-state index in [4.69, 9.17) is 15.0 Å². The van der Waals surface area contributed by atoms with Crippen molar-refractivity contribution in [3.8, 4) is 11.5 Å². The standard InChI is InChI=1S/C35H24N6/c1-2-3-4-12-22-39-27-18-10-8-14-24(27)23-30(39)41-29-20-13-21-36-32(29)33-35(41)38-34-31(37-33)26-17-9-11-19-28(26)40(34)25-15-6-5-7-16-25/h2-23H,1H2/b4-3-,22-12-. The van der Waals surface area contributed by atoms with Crippen molar-refractivity contribution in [3.05, 3.63) is 134 Å². The van der Waals surface area contributed by atoms with E-state index in [2.05, 4.69) is 99.3 Å². The molecule has 5 aromatic heterocycles. The topological polar surface area (TPSA) is 53.5 Å². The number of rotatable bonds is 5. The van der Waals surface area contributed by atoms with Gasteiger partial charge in [0.1, 0.15) is 22.4 Å². The number of aromatic nitrogens is 6. The van der Waals surface area contributed by atoms with Crippen molar-refractivity contribution in [2.75, 3.05) is 0 Å². The van der Waals surface area contributed by atoms with Gasteiger partial charge in [-0.25, -0.2) is 9.97 Å². The van der Waals surface area contributed by atoms with E-state index in [1.807, 2.05) is 48.7 Å². The highest BCUT2D eigenvalue weighted by atomic mass is 15.2. The number of allylic oxidation sites excluding steroid dienone is 4. The molecule has 0 saturated heterocycles.